The summed E-state index contributed by atoms with van der Waals surface area (Å²) in [4.78, 5) is 9.26. The van der Waals surface area contributed by atoms with Crippen molar-refractivity contribution in [3.8, 4) is 0 Å². The first-order chi connectivity index (χ1) is 13.6. The zero-order valence-corrected chi connectivity index (χ0v) is 16.9. The topological polar surface area (TPSA) is 66.9 Å². The molecule has 2 atom stereocenters. The molecule has 0 spiro atoms. The molecule has 3 aromatic heterocycles. The Morgan fingerprint density at radius 1 is 1.39 bits per heavy atom. The van der Waals surface area contributed by atoms with E-state index in [9.17, 15) is 5.21 Å². The molecule has 6 nitrogen and oxygen atoms in total. The highest BCUT2D eigenvalue weighted by Gasteiger charge is 2.29. The number of hydrogen-bond donors (Lipinski definition) is 0. The Hall–Kier alpha value is -2.22. The van der Waals surface area contributed by atoms with Crippen molar-refractivity contribution in [3.63, 3.8) is 0 Å². The zero-order chi connectivity index (χ0) is 19.3. The van der Waals surface area contributed by atoms with Gasteiger partial charge < -0.3 is 14.5 Å². The number of benzene rings is 1. The normalized spacial score (nSPS) is 20.2. The maximum absolute atomic E-state index is 12.7. The third-order valence-electron chi connectivity index (χ3n) is 5.38. The van der Waals surface area contributed by atoms with Gasteiger partial charge in [0.15, 0.2) is 5.52 Å². The van der Waals surface area contributed by atoms with E-state index in [2.05, 4.69) is 16.5 Å². The fraction of sp³-hybridized carbons (Fsp3) is 0.350. The van der Waals surface area contributed by atoms with Crippen LogP contribution >= 0.6 is 22.9 Å². The average molecular weight is 415 g/mol. The summed E-state index contributed by atoms with van der Waals surface area (Å²) in [5, 5.41) is 15.7. The van der Waals surface area contributed by atoms with Crippen molar-refractivity contribution in [2.24, 2.45) is 0 Å². The smallest absolute Gasteiger partial charge is 0.315 e. The van der Waals surface area contributed by atoms with Crippen molar-refractivity contribution >= 4 is 44.9 Å². The molecule has 1 aliphatic heterocycles. The Morgan fingerprint density at radius 2 is 2.25 bits per heavy atom. The number of rotatable bonds is 3. The number of aromatic nitrogens is 4. The van der Waals surface area contributed by atoms with Gasteiger partial charge in [-0.3, -0.25) is 0 Å². The van der Waals surface area contributed by atoms with Crippen molar-refractivity contribution in [2.75, 3.05) is 6.61 Å². The molecule has 28 heavy (non-hydrogen) atoms. The van der Waals surface area contributed by atoms with E-state index in [1.165, 1.54) is 0 Å². The summed E-state index contributed by atoms with van der Waals surface area (Å²) in [6.07, 6.45) is 2.58. The van der Waals surface area contributed by atoms with Crippen molar-refractivity contribution in [2.45, 2.75) is 38.3 Å². The Labute approximate surface area is 170 Å². The van der Waals surface area contributed by atoms with Crippen molar-refractivity contribution in [3.05, 3.63) is 57.0 Å². The predicted molar refractivity (Wildman–Crippen MR) is 110 cm³/mol. The number of imidazole rings is 1. The van der Waals surface area contributed by atoms with E-state index in [1.807, 2.05) is 29.1 Å². The molecule has 1 fully saturated rings. The summed E-state index contributed by atoms with van der Waals surface area (Å²) < 4.78 is 8.82. The van der Waals surface area contributed by atoms with Gasteiger partial charge in [0, 0.05) is 30.5 Å². The van der Waals surface area contributed by atoms with Gasteiger partial charge in [0.05, 0.1) is 28.2 Å². The van der Waals surface area contributed by atoms with Crippen LogP contribution in [0.5, 0.6) is 0 Å². The molecule has 1 aromatic carbocycles. The Balaban J connectivity index is 1.81. The molecule has 1 saturated heterocycles. The highest BCUT2D eigenvalue weighted by Crippen LogP contribution is 2.35. The van der Waals surface area contributed by atoms with Gasteiger partial charge in [-0.15, -0.1) is 11.3 Å². The fourth-order valence-electron chi connectivity index (χ4n) is 4.15. The van der Waals surface area contributed by atoms with E-state index in [0.717, 1.165) is 40.0 Å². The quantitative estimate of drug-likeness (QED) is 0.285. The van der Waals surface area contributed by atoms with Gasteiger partial charge in [-0.25, -0.2) is 9.97 Å². The molecule has 4 aromatic rings. The molecule has 1 aliphatic rings. The molecule has 4 heterocycles. The van der Waals surface area contributed by atoms with Crippen LogP contribution in [-0.2, 0) is 11.2 Å². The first-order valence-electron chi connectivity index (χ1n) is 9.32. The second kappa shape index (κ2) is 6.99. The second-order valence-electron chi connectivity index (χ2n) is 7.21. The third kappa shape index (κ3) is 2.85. The van der Waals surface area contributed by atoms with Crippen LogP contribution in [0.25, 0.3) is 21.9 Å². The molecule has 8 heteroatoms. The summed E-state index contributed by atoms with van der Waals surface area (Å²) in [6.45, 7) is 2.81. The lowest BCUT2D eigenvalue weighted by Gasteiger charge is -2.30. The van der Waals surface area contributed by atoms with Gasteiger partial charge in [0.1, 0.15) is 5.82 Å². The van der Waals surface area contributed by atoms with Gasteiger partial charge in [0.2, 0.25) is 5.52 Å². The summed E-state index contributed by atoms with van der Waals surface area (Å²) in [7, 11) is 0. The van der Waals surface area contributed by atoms with Crippen LogP contribution in [0.3, 0.4) is 0 Å². The molecular weight excluding hydrogens is 396 g/mol. The van der Waals surface area contributed by atoms with Crippen LogP contribution in [-0.4, -0.2) is 27.2 Å². The number of fused-ring (bicyclic) bond motifs is 3. The number of ether oxygens (including phenoxy) is 1. The highest BCUT2D eigenvalue weighted by atomic mass is 35.5. The Bertz CT molecular complexity index is 1160. The van der Waals surface area contributed by atoms with Gasteiger partial charge in [-0.1, -0.05) is 12.1 Å². The monoisotopic (exact) mass is 414 g/mol. The van der Waals surface area contributed by atoms with Gasteiger partial charge in [-0.2, -0.15) is 4.73 Å². The average Bonchev–Trinajstić information content (AvgIpc) is 3.34. The van der Waals surface area contributed by atoms with Crippen molar-refractivity contribution in [1.29, 1.82) is 0 Å². The minimum absolute atomic E-state index is 0.118. The van der Waals surface area contributed by atoms with Crippen LogP contribution in [0.4, 0.5) is 0 Å². The molecule has 0 aliphatic carbocycles. The standard InChI is InChI=1S/C20H19ClN4O2S/c1-12-8-14(6-7-27-12)24-17(9-13-10-28-11-22-13)23-18-19(24)15-4-2-3-5-16(15)25(26)20(18)21/h2-5,10-12,14H,6-9H2,1H3/t12-,14-/m1/s1. The largest absolute Gasteiger partial charge is 0.617 e. The van der Waals surface area contributed by atoms with E-state index in [0.29, 0.717) is 24.1 Å². The lowest BCUT2D eigenvalue weighted by molar-refractivity contribution is -0.573. The molecule has 0 N–H and O–H groups in total. The molecule has 0 bridgehead atoms. The van der Waals surface area contributed by atoms with E-state index in [4.69, 9.17) is 21.3 Å². The third-order valence-corrected chi connectivity index (χ3v) is 6.35. The lowest BCUT2D eigenvalue weighted by atomic mass is 10.0. The lowest BCUT2D eigenvalue weighted by Crippen LogP contribution is -2.29. The number of pyridine rings is 1. The van der Waals surface area contributed by atoms with E-state index >= 15 is 0 Å². The molecule has 5 rings (SSSR count). The second-order valence-corrected chi connectivity index (χ2v) is 8.29. The van der Waals surface area contributed by atoms with E-state index in [-0.39, 0.29) is 17.3 Å². The van der Waals surface area contributed by atoms with Gasteiger partial charge in [0.25, 0.3) is 0 Å². The number of halogens is 1. The zero-order valence-electron chi connectivity index (χ0n) is 15.3. The summed E-state index contributed by atoms with van der Waals surface area (Å²) >= 11 is 8.04. The predicted octanol–water partition coefficient (Wildman–Crippen LogP) is 4.26. The number of para-hydroxylation sites is 1. The number of hydrogen-bond acceptors (Lipinski definition) is 5. The Morgan fingerprint density at radius 3 is 3.04 bits per heavy atom. The minimum atomic E-state index is 0.118. The summed E-state index contributed by atoms with van der Waals surface area (Å²) in [5.41, 5.74) is 4.84. The minimum Gasteiger partial charge on any atom is -0.617 e. The van der Waals surface area contributed by atoms with Crippen LogP contribution in [0.2, 0.25) is 5.15 Å². The van der Waals surface area contributed by atoms with Gasteiger partial charge in [-0.05, 0) is 37.4 Å². The molecule has 0 amide bonds. The maximum atomic E-state index is 12.7. The molecule has 0 radical (unpaired) electrons. The van der Waals surface area contributed by atoms with Crippen molar-refractivity contribution in [1.82, 2.24) is 14.5 Å². The van der Waals surface area contributed by atoms with E-state index < -0.39 is 0 Å². The molecule has 0 unspecified atom stereocenters. The highest BCUT2D eigenvalue weighted by molar-refractivity contribution is 7.07. The number of nitrogens with zero attached hydrogens (tertiary/aromatic N) is 4. The fourth-order valence-corrected chi connectivity index (χ4v) is 4.93. The molecular formula is C20H19ClN4O2S. The number of thiazole rings is 1. The van der Waals surface area contributed by atoms with Crippen LogP contribution < -0.4 is 4.73 Å². The first kappa shape index (κ1) is 17.8. The molecule has 144 valence electrons. The SMILES string of the molecule is C[C@@H]1C[C@H](n2c(Cc3cscn3)nc3c(Cl)[n+]([O-])c4ccccc4c32)CCO1. The maximum Gasteiger partial charge on any atom is 0.315 e. The molecule has 0 saturated carbocycles. The van der Waals surface area contributed by atoms with Gasteiger partial charge >= 0.3 is 5.15 Å². The van der Waals surface area contributed by atoms with E-state index in [1.54, 1.807) is 17.4 Å². The summed E-state index contributed by atoms with van der Waals surface area (Å²) in [6, 6.07) is 7.81. The van der Waals surface area contributed by atoms with Crippen LogP contribution in [0.15, 0.2) is 35.2 Å². The van der Waals surface area contributed by atoms with Crippen LogP contribution in [0.1, 0.15) is 37.3 Å². The Kier molecular flexibility index (Phi) is 4.45. The summed E-state index contributed by atoms with van der Waals surface area (Å²) in [5.74, 6) is 0.887. The first-order valence-corrected chi connectivity index (χ1v) is 10.6. The van der Waals surface area contributed by atoms with Crippen molar-refractivity contribution < 1.29 is 9.47 Å². The van der Waals surface area contributed by atoms with Crippen LogP contribution in [0, 0.1) is 5.21 Å².